The van der Waals surface area contributed by atoms with E-state index in [1.54, 1.807) is 18.2 Å². The number of aliphatic hydroxyl groups is 1. The summed E-state index contributed by atoms with van der Waals surface area (Å²) in [5, 5.41) is 26.6. The molecule has 0 bridgehead atoms. The third kappa shape index (κ3) is 2.45. The number of rotatable bonds is 3. The highest BCUT2D eigenvalue weighted by molar-refractivity contribution is 5.72. The van der Waals surface area contributed by atoms with Gasteiger partial charge in [-0.15, -0.1) is 0 Å². The van der Waals surface area contributed by atoms with Gasteiger partial charge >= 0.3 is 5.97 Å². The zero-order valence-corrected chi connectivity index (χ0v) is 6.84. The van der Waals surface area contributed by atoms with E-state index in [1.807, 2.05) is 0 Å². The molecule has 0 aliphatic heterocycles. The predicted octanol–water partition coefficient (Wildman–Crippen LogP) is 0.380. The highest BCUT2D eigenvalue weighted by Gasteiger charge is 2.15. The highest BCUT2D eigenvalue weighted by Crippen LogP contribution is 2.17. The van der Waals surface area contributed by atoms with Crippen LogP contribution in [0.1, 0.15) is 5.56 Å². The van der Waals surface area contributed by atoms with Crippen LogP contribution in [0.25, 0.3) is 0 Å². The molecular weight excluding hydrogens is 172 g/mol. The van der Waals surface area contributed by atoms with Crippen LogP contribution in [0.5, 0.6) is 5.75 Å². The van der Waals surface area contributed by atoms with Crippen LogP contribution >= 0.6 is 0 Å². The van der Waals surface area contributed by atoms with Crippen molar-refractivity contribution in [1.29, 1.82) is 0 Å². The van der Waals surface area contributed by atoms with E-state index in [0.29, 0.717) is 5.56 Å². The minimum Gasteiger partial charge on any atom is -0.508 e. The summed E-state index contributed by atoms with van der Waals surface area (Å²) in [7, 11) is 0. The number of hydrogen-bond acceptors (Lipinski definition) is 3. The lowest BCUT2D eigenvalue weighted by atomic mass is 10.1. The van der Waals surface area contributed by atoms with E-state index < -0.39 is 12.1 Å². The van der Waals surface area contributed by atoms with Gasteiger partial charge in [0.1, 0.15) is 5.75 Å². The Kier molecular flexibility index (Phi) is 2.87. The number of carbonyl (C=O) groups is 1. The van der Waals surface area contributed by atoms with Crippen molar-refractivity contribution in [3.8, 4) is 5.75 Å². The molecule has 0 aliphatic carbocycles. The molecule has 0 amide bonds. The van der Waals surface area contributed by atoms with Crippen molar-refractivity contribution in [1.82, 2.24) is 0 Å². The molecule has 70 valence electrons. The molecule has 0 aliphatic rings. The van der Waals surface area contributed by atoms with E-state index in [9.17, 15) is 9.90 Å². The average Bonchev–Trinajstić information content (AvgIpc) is 2.08. The summed E-state index contributed by atoms with van der Waals surface area (Å²) in [5.74, 6) is -1.29. The van der Waals surface area contributed by atoms with Crippen molar-refractivity contribution in [3.63, 3.8) is 0 Å². The Morgan fingerprint density at radius 2 is 2.00 bits per heavy atom. The lowest BCUT2D eigenvalue weighted by molar-refractivity contribution is -0.146. The average molecular weight is 182 g/mol. The Hall–Kier alpha value is -1.55. The van der Waals surface area contributed by atoms with Gasteiger partial charge in [-0.3, -0.25) is 0 Å². The maximum Gasteiger partial charge on any atom is 0.332 e. The number of benzene rings is 1. The molecule has 4 heteroatoms. The van der Waals surface area contributed by atoms with Crippen LogP contribution in [0.3, 0.4) is 0 Å². The third-order valence-electron chi connectivity index (χ3n) is 1.69. The molecule has 3 N–H and O–H groups in total. The summed E-state index contributed by atoms with van der Waals surface area (Å²) in [6.07, 6.45) is -1.55. The second-order valence-electron chi connectivity index (χ2n) is 2.69. The van der Waals surface area contributed by atoms with Crippen molar-refractivity contribution in [2.45, 2.75) is 12.5 Å². The molecule has 4 nitrogen and oxygen atoms in total. The minimum absolute atomic E-state index is 0.00259. The molecule has 0 saturated heterocycles. The number of carboxylic acid groups (broad SMARTS) is 1. The van der Waals surface area contributed by atoms with E-state index in [2.05, 4.69) is 0 Å². The van der Waals surface area contributed by atoms with E-state index in [-0.39, 0.29) is 12.2 Å². The predicted molar refractivity (Wildman–Crippen MR) is 45.5 cm³/mol. The first-order valence-electron chi connectivity index (χ1n) is 3.79. The first-order chi connectivity index (χ1) is 6.11. The van der Waals surface area contributed by atoms with Crippen LogP contribution in [-0.4, -0.2) is 27.4 Å². The molecule has 1 atom stereocenters. The Labute approximate surface area is 75.1 Å². The molecule has 0 aromatic heterocycles. The summed E-state index contributed by atoms with van der Waals surface area (Å²) in [4.78, 5) is 10.3. The highest BCUT2D eigenvalue weighted by atomic mass is 16.4. The molecule has 13 heavy (non-hydrogen) atoms. The van der Waals surface area contributed by atoms with Gasteiger partial charge in [0.25, 0.3) is 0 Å². The molecule has 1 aromatic rings. The van der Waals surface area contributed by atoms with Crippen molar-refractivity contribution in [2.75, 3.05) is 0 Å². The van der Waals surface area contributed by atoms with Crippen LogP contribution in [0.4, 0.5) is 0 Å². The fraction of sp³-hybridized carbons (Fsp3) is 0.222. The van der Waals surface area contributed by atoms with Crippen LogP contribution in [0.15, 0.2) is 24.3 Å². The van der Waals surface area contributed by atoms with E-state index in [4.69, 9.17) is 10.2 Å². The van der Waals surface area contributed by atoms with Gasteiger partial charge in [-0.05, 0) is 11.6 Å². The lowest BCUT2D eigenvalue weighted by Gasteiger charge is -2.06. The Morgan fingerprint density at radius 3 is 2.54 bits per heavy atom. The van der Waals surface area contributed by atoms with Crippen LogP contribution in [0.2, 0.25) is 0 Å². The molecule has 0 heterocycles. The standard InChI is InChI=1S/C9H10O4/c10-7-4-2-1-3-6(7)5-8(11)9(12)13/h1-4,8,10-11H,5H2,(H,12,13). The molecular formula is C9H10O4. The van der Waals surface area contributed by atoms with Gasteiger partial charge in [0.05, 0.1) is 0 Å². The maximum atomic E-state index is 10.3. The summed E-state index contributed by atoms with van der Waals surface area (Å²) in [5.41, 5.74) is 0.428. The number of para-hydroxylation sites is 1. The third-order valence-corrected chi connectivity index (χ3v) is 1.69. The van der Waals surface area contributed by atoms with Crippen molar-refractivity contribution in [2.24, 2.45) is 0 Å². The molecule has 0 saturated carbocycles. The quantitative estimate of drug-likeness (QED) is 0.631. The molecule has 1 rings (SSSR count). The number of aliphatic hydroxyl groups excluding tert-OH is 1. The number of hydrogen-bond donors (Lipinski definition) is 3. The fourth-order valence-corrected chi connectivity index (χ4v) is 0.979. The van der Waals surface area contributed by atoms with E-state index in [1.165, 1.54) is 6.07 Å². The van der Waals surface area contributed by atoms with Crippen molar-refractivity contribution >= 4 is 5.97 Å². The first-order valence-corrected chi connectivity index (χ1v) is 3.79. The summed E-state index contributed by atoms with van der Waals surface area (Å²) in [6.45, 7) is 0. The van der Waals surface area contributed by atoms with E-state index >= 15 is 0 Å². The van der Waals surface area contributed by atoms with Crippen LogP contribution in [-0.2, 0) is 11.2 Å². The second-order valence-corrected chi connectivity index (χ2v) is 2.69. The monoisotopic (exact) mass is 182 g/mol. The minimum atomic E-state index is -1.46. The molecule has 0 fully saturated rings. The van der Waals surface area contributed by atoms with Crippen LogP contribution < -0.4 is 0 Å². The SMILES string of the molecule is O=C(O)C(O)Cc1ccccc1O. The lowest BCUT2D eigenvalue weighted by Crippen LogP contribution is -2.21. The van der Waals surface area contributed by atoms with Gasteiger partial charge in [0, 0.05) is 6.42 Å². The van der Waals surface area contributed by atoms with Crippen LogP contribution in [0, 0.1) is 0 Å². The topological polar surface area (TPSA) is 77.8 Å². The normalized spacial score (nSPS) is 12.4. The first kappa shape index (κ1) is 9.54. The Bertz CT molecular complexity index is 308. The zero-order chi connectivity index (χ0) is 9.84. The number of aliphatic carboxylic acids is 1. The van der Waals surface area contributed by atoms with Gasteiger partial charge in [-0.2, -0.15) is 0 Å². The summed E-state index contributed by atoms with van der Waals surface area (Å²) >= 11 is 0. The van der Waals surface area contributed by atoms with Crippen molar-refractivity contribution < 1.29 is 20.1 Å². The largest absolute Gasteiger partial charge is 0.508 e. The smallest absolute Gasteiger partial charge is 0.332 e. The van der Waals surface area contributed by atoms with Gasteiger partial charge in [0.15, 0.2) is 6.10 Å². The van der Waals surface area contributed by atoms with E-state index in [0.717, 1.165) is 0 Å². The van der Waals surface area contributed by atoms with Crippen molar-refractivity contribution in [3.05, 3.63) is 29.8 Å². The van der Waals surface area contributed by atoms with Gasteiger partial charge in [0.2, 0.25) is 0 Å². The number of phenols is 1. The zero-order valence-electron chi connectivity index (χ0n) is 6.84. The maximum absolute atomic E-state index is 10.3. The Morgan fingerprint density at radius 1 is 1.38 bits per heavy atom. The van der Waals surface area contributed by atoms with Gasteiger partial charge < -0.3 is 15.3 Å². The second kappa shape index (κ2) is 3.91. The molecule has 0 radical (unpaired) electrons. The summed E-state index contributed by atoms with van der Waals surface area (Å²) < 4.78 is 0. The number of carboxylic acids is 1. The molecule has 1 aromatic carbocycles. The number of aromatic hydroxyl groups is 1. The molecule has 0 spiro atoms. The molecule has 1 unspecified atom stereocenters. The Balaban J connectivity index is 2.74. The van der Waals surface area contributed by atoms with Gasteiger partial charge in [-0.1, -0.05) is 18.2 Å². The number of phenolic OH excluding ortho intramolecular Hbond substituents is 1. The summed E-state index contributed by atoms with van der Waals surface area (Å²) in [6, 6.07) is 6.32. The fourth-order valence-electron chi connectivity index (χ4n) is 0.979. The van der Waals surface area contributed by atoms with Gasteiger partial charge in [-0.25, -0.2) is 4.79 Å².